The molecule has 0 unspecified atom stereocenters. The number of nitrogens with zero attached hydrogens (tertiary/aromatic N) is 2. The van der Waals surface area contributed by atoms with Crippen molar-refractivity contribution in [2.45, 2.75) is 53.2 Å². The van der Waals surface area contributed by atoms with Crippen molar-refractivity contribution in [3.63, 3.8) is 0 Å². The van der Waals surface area contributed by atoms with E-state index in [-0.39, 0.29) is 0 Å². The molecular weight excluding hydrogens is 278 g/mol. The molecule has 3 nitrogen and oxygen atoms in total. The Morgan fingerprint density at radius 1 is 1.19 bits per heavy atom. The topological polar surface area (TPSA) is 18.5 Å². The molecule has 1 saturated heterocycles. The zero-order chi connectivity index (χ0) is 15.5. The van der Waals surface area contributed by atoms with Gasteiger partial charge in [0.25, 0.3) is 0 Å². The van der Waals surface area contributed by atoms with Gasteiger partial charge in [0.1, 0.15) is 0 Å². The van der Waals surface area contributed by atoms with Crippen molar-refractivity contribution in [1.29, 1.82) is 0 Å². The van der Waals surface area contributed by atoms with Crippen LogP contribution in [0.5, 0.6) is 0 Å². The maximum atomic E-state index is 3.42. The van der Waals surface area contributed by atoms with Gasteiger partial charge in [0.05, 0.1) is 0 Å². The van der Waals surface area contributed by atoms with Crippen molar-refractivity contribution in [1.82, 2.24) is 15.1 Å². The summed E-state index contributed by atoms with van der Waals surface area (Å²) in [5, 5.41) is 3.42. The van der Waals surface area contributed by atoms with Gasteiger partial charge in [0, 0.05) is 54.6 Å². The maximum Gasteiger partial charge on any atom is 0.0299 e. The Labute approximate surface area is 134 Å². The van der Waals surface area contributed by atoms with Crippen LogP contribution in [0, 0.1) is 6.92 Å². The lowest BCUT2D eigenvalue weighted by Gasteiger charge is -2.42. The van der Waals surface area contributed by atoms with E-state index in [0.29, 0.717) is 5.54 Å². The third-order valence-corrected chi connectivity index (χ3v) is 5.43. The highest BCUT2D eigenvalue weighted by Crippen LogP contribution is 2.24. The Hall–Kier alpha value is -0.420. The van der Waals surface area contributed by atoms with Gasteiger partial charge in [-0.1, -0.05) is 6.92 Å². The monoisotopic (exact) mass is 309 g/mol. The van der Waals surface area contributed by atoms with E-state index in [1.54, 1.807) is 0 Å². The third-order valence-electron chi connectivity index (χ3n) is 4.34. The highest BCUT2D eigenvalue weighted by Gasteiger charge is 2.26. The summed E-state index contributed by atoms with van der Waals surface area (Å²) in [5.41, 5.74) is 1.83. The lowest BCUT2D eigenvalue weighted by molar-refractivity contribution is 0.0591. The van der Waals surface area contributed by atoms with Crippen molar-refractivity contribution < 1.29 is 0 Å². The van der Waals surface area contributed by atoms with E-state index in [4.69, 9.17) is 0 Å². The normalized spacial score (nSPS) is 18.3. The summed E-state index contributed by atoms with van der Waals surface area (Å²) in [6.07, 6.45) is 0. The standard InChI is InChI=1S/C17H31N3S/c1-6-18-12-16-11-15(14(2)21-16)13-19-7-9-20(10-8-19)17(3,4)5/h11,18H,6-10,12-13H2,1-5H3. The molecule has 0 bridgehead atoms. The second-order valence-electron chi connectivity index (χ2n) is 7.01. The fourth-order valence-electron chi connectivity index (χ4n) is 2.90. The molecule has 2 heterocycles. The smallest absolute Gasteiger partial charge is 0.0299 e. The first-order valence-electron chi connectivity index (χ1n) is 8.16. The van der Waals surface area contributed by atoms with E-state index < -0.39 is 0 Å². The van der Waals surface area contributed by atoms with Crippen LogP contribution in [0.2, 0.25) is 0 Å². The van der Waals surface area contributed by atoms with E-state index in [1.165, 1.54) is 41.5 Å². The maximum absolute atomic E-state index is 3.42. The molecule has 21 heavy (non-hydrogen) atoms. The first kappa shape index (κ1) is 16.9. The molecule has 1 fully saturated rings. The highest BCUT2D eigenvalue weighted by molar-refractivity contribution is 7.12. The first-order valence-corrected chi connectivity index (χ1v) is 8.98. The molecule has 0 spiro atoms. The predicted octanol–water partition coefficient (Wildman–Crippen LogP) is 3.08. The summed E-state index contributed by atoms with van der Waals surface area (Å²) >= 11 is 1.95. The quantitative estimate of drug-likeness (QED) is 0.902. The van der Waals surface area contributed by atoms with Gasteiger partial charge < -0.3 is 5.32 Å². The van der Waals surface area contributed by atoms with Crippen LogP contribution >= 0.6 is 11.3 Å². The average Bonchev–Trinajstić information content (AvgIpc) is 2.76. The summed E-state index contributed by atoms with van der Waals surface area (Å²) in [5.74, 6) is 0. The SMILES string of the molecule is CCNCc1cc(CN2CCN(C(C)(C)C)CC2)c(C)s1. The molecule has 0 atom stereocenters. The lowest BCUT2D eigenvalue weighted by atomic mass is 10.0. The Balaban J connectivity index is 1.87. The zero-order valence-corrected chi connectivity index (χ0v) is 15.1. The highest BCUT2D eigenvalue weighted by atomic mass is 32.1. The van der Waals surface area contributed by atoms with Gasteiger partial charge in [-0.25, -0.2) is 0 Å². The van der Waals surface area contributed by atoms with Crippen LogP contribution in [0.25, 0.3) is 0 Å². The molecule has 1 aromatic rings. The van der Waals surface area contributed by atoms with E-state index >= 15 is 0 Å². The second kappa shape index (κ2) is 7.23. The summed E-state index contributed by atoms with van der Waals surface area (Å²) in [6.45, 7) is 19.3. The number of hydrogen-bond acceptors (Lipinski definition) is 4. The van der Waals surface area contributed by atoms with Gasteiger partial charge in [0.15, 0.2) is 0 Å². The predicted molar refractivity (Wildman–Crippen MR) is 93.0 cm³/mol. The fourth-order valence-corrected chi connectivity index (χ4v) is 3.92. The largest absolute Gasteiger partial charge is 0.312 e. The van der Waals surface area contributed by atoms with E-state index in [0.717, 1.165) is 19.6 Å². The number of nitrogens with one attached hydrogen (secondary N) is 1. The van der Waals surface area contributed by atoms with Gasteiger partial charge in [-0.15, -0.1) is 11.3 Å². The van der Waals surface area contributed by atoms with E-state index in [2.05, 4.69) is 55.8 Å². The van der Waals surface area contributed by atoms with Crippen molar-refractivity contribution in [2.75, 3.05) is 32.7 Å². The first-order chi connectivity index (χ1) is 9.90. The Morgan fingerprint density at radius 2 is 1.86 bits per heavy atom. The molecule has 1 aliphatic heterocycles. The van der Waals surface area contributed by atoms with Crippen LogP contribution in [0.1, 0.15) is 43.0 Å². The van der Waals surface area contributed by atoms with Crippen molar-refractivity contribution in [3.05, 3.63) is 21.4 Å². The minimum Gasteiger partial charge on any atom is -0.312 e. The fraction of sp³-hybridized carbons (Fsp3) is 0.765. The van der Waals surface area contributed by atoms with Gasteiger partial charge >= 0.3 is 0 Å². The second-order valence-corrected chi connectivity index (χ2v) is 8.35. The van der Waals surface area contributed by atoms with Gasteiger partial charge in [-0.05, 0) is 45.9 Å². The molecule has 120 valence electrons. The number of piperazine rings is 1. The van der Waals surface area contributed by atoms with Crippen molar-refractivity contribution in [2.24, 2.45) is 0 Å². The Morgan fingerprint density at radius 3 is 2.43 bits per heavy atom. The molecule has 0 radical (unpaired) electrons. The molecule has 0 aromatic carbocycles. The Bertz CT molecular complexity index is 439. The molecule has 1 aromatic heterocycles. The summed E-state index contributed by atoms with van der Waals surface area (Å²) in [4.78, 5) is 8.16. The molecule has 0 amide bonds. The van der Waals surface area contributed by atoms with Gasteiger partial charge in [-0.3, -0.25) is 9.80 Å². The molecule has 1 aliphatic rings. The zero-order valence-electron chi connectivity index (χ0n) is 14.3. The number of thiophene rings is 1. The minimum absolute atomic E-state index is 0.309. The molecule has 4 heteroatoms. The Kier molecular flexibility index (Phi) is 5.83. The van der Waals surface area contributed by atoms with E-state index in [9.17, 15) is 0 Å². The van der Waals surface area contributed by atoms with Crippen LogP contribution in [-0.4, -0.2) is 48.1 Å². The summed E-state index contributed by atoms with van der Waals surface area (Å²) < 4.78 is 0. The van der Waals surface area contributed by atoms with Crippen LogP contribution in [0.3, 0.4) is 0 Å². The minimum atomic E-state index is 0.309. The molecule has 1 N–H and O–H groups in total. The molecule has 2 rings (SSSR count). The third kappa shape index (κ3) is 4.78. The van der Waals surface area contributed by atoms with E-state index in [1.807, 2.05) is 11.3 Å². The summed E-state index contributed by atoms with van der Waals surface area (Å²) in [6, 6.07) is 2.40. The van der Waals surface area contributed by atoms with Crippen LogP contribution in [0.15, 0.2) is 6.07 Å². The molecule has 0 aliphatic carbocycles. The van der Waals surface area contributed by atoms with Crippen molar-refractivity contribution >= 4 is 11.3 Å². The van der Waals surface area contributed by atoms with Crippen molar-refractivity contribution in [3.8, 4) is 0 Å². The number of rotatable bonds is 5. The van der Waals surface area contributed by atoms with Crippen LogP contribution < -0.4 is 5.32 Å². The summed E-state index contributed by atoms with van der Waals surface area (Å²) in [7, 11) is 0. The number of aryl methyl sites for hydroxylation is 1. The molecule has 0 saturated carbocycles. The van der Waals surface area contributed by atoms with Crippen LogP contribution in [-0.2, 0) is 13.1 Å². The number of hydrogen-bond donors (Lipinski definition) is 1. The van der Waals surface area contributed by atoms with Gasteiger partial charge in [-0.2, -0.15) is 0 Å². The van der Waals surface area contributed by atoms with Gasteiger partial charge in [0.2, 0.25) is 0 Å². The average molecular weight is 310 g/mol. The lowest BCUT2D eigenvalue weighted by Crippen LogP contribution is -2.53. The molecular formula is C17H31N3S. The van der Waals surface area contributed by atoms with Crippen LogP contribution in [0.4, 0.5) is 0 Å².